The van der Waals surface area contributed by atoms with E-state index in [1.807, 2.05) is 18.4 Å². The molecule has 152 valence electrons. The van der Waals surface area contributed by atoms with Crippen molar-refractivity contribution in [3.63, 3.8) is 0 Å². The van der Waals surface area contributed by atoms with Gasteiger partial charge in [0.2, 0.25) is 15.9 Å². The van der Waals surface area contributed by atoms with Gasteiger partial charge in [-0.25, -0.2) is 8.42 Å². The molecule has 0 radical (unpaired) electrons. The van der Waals surface area contributed by atoms with Crippen molar-refractivity contribution >= 4 is 33.4 Å². The van der Waals surface area contributed by atoms with E-state index in [2.05, 4.69) is 10.1 Å². The Morgan fingerprint density at radius 2 is 1.75 bits per heavy atom. The van der Waals surface area contributed by atoms with Gasteiger partial charge in [-0.1, -0.05) is 12.1 Å². The van der Waals surface area contributed by atoms with Gasteiger partial charge in [0.25, 0.3) is 0 Å². The van der Waals surface area contributed by atoms with Crippen LogP contribution in [-0.2, 0) is 14.8 Å². The fraction of sp³-hybridized carbons (Fsp3) is 0.235. The van der Waals surface area contributed by atoms with E-state index >= 15 is 0 Å². The summed E-state index contributed by atoms with van der Waals surface area (Å²) < 4.78 is 66.1. The van der Waals surface area contributed by atoms with E-state index in [1.54, 1.807) is 12.1 Å². The number of hydrogen-bond donors (Lipinski definition) is 1. The van der Waals surface area contributed by atoms with Gasteiger partial charge in [0.15, 0.2) is 0 Å². The average Bonchev–Trinajstić information content (AvgIpc) is 2.61. The predicted molar refractivity (Wildman–Crippen MR) is 99.8 cm³/mol. The lowest BCUT2D eigenvalue weighted by atomic mass is 10.3. The normalized spacial score (nSPS) is 12.1. The fourth-order valence-electron chi connectivity index (χ4n) is 2.22. The molecule has 0 fully saturated rings. The lowest BCUT2D eigenvalue weighted by molar-refractivity contribution is -0.274. The zero-order valence-corrected chi connectivity index (χ0v) is 16.5. The Morgan fingerprint density at radius 1 is 1.14 bits per heavy atom. The number of alkyl halides is 3. The quantitative estimate of drug-likeness (QED) is 0.675. The first-order chi connectivity index (χ1) is 13.0. The molecule has 2 aromatic carbocycles. The SMILES string of the molecule is CSc1ccccc1NC(=O)CN(C)S(=O)(=O)c1ccc(OC(F)(F)F)cc1. The molecule has 0 aliphatic heterocycles. The number of carbonyl (C=O) groups is 1. The second-order valence-electron chi connectivity index (χ2n) is 5.53. The molecule has 0 bridgehead atoms. The number of thioether (sulfide) groups is 1. The molecule has 0 saturated carbocycles. The molecule has 0 atom stereocenters. The molecular weight excluding hydrogens is 417 g/mol. The molecule has 11 heteroatoms. The third-order valence-electron chi connectivity index (χ3n) is 3.51. The molecule has 0 spiro atoms. The maximum absolute atomic E-state index is 12.5. The number of ether oxygens (including phenoxy) is 1. The molecule has 6 nitrogen and oxygen atoms in total. The molecule has 2 aromatic rings. The number of rotatable bonds is 7. The summed E-state index contributed by atoms with van der Waals surface area (Å²) in [6.07, 6.45) is -3.03. The summed E-state index contributed by atoms with van der Waals surface area (Å²) in [5, 5.41) is 2.64. The first-order valence-electron chi connectivity index (χ1n) is 7.78. The van der Waals surface area contributed by atoms with Crippen LogP contribution in [0.3, 0.4) is 0 Å². The van der Waals surface area contributed by atoms with Crippen LogP contribution in [0.2, 0.25) is 0 Å². The fourth-order valence-corrected chi connectivity index (χ4v) is 3.90. The Labute approximate surface area is 164 Å². The predicted octanol–water partition coefficient (Wildman–Crippen LogP) is 3.57. The van der Waals surface area contributed by atoms with Crippen molar-refractivity contribution in [2.45, 2.75) is 16.2 Å². The summed E-state index contributed by atoms with van der Waals surface area (Å²) >= 11 is 1.43. The average molecular weight is 434 g/mol. The first-order valence-corrected chi connectivity index (χ1v) is 10.4. The number of sulfonamides is 1. The summed E-state index contributed by atoms with van der Waals surface area (Å²) in [4.78, 5) is 12.8. The number of hydrogen-bond acceptors (Lipinski definition) is 5. The maximum atomic E-state index is 12.5. The molecule has 0 aliphatic carbocycles. The van der Waals surface area contributed by atoms with Crippen LogP contribution in [0, 0.1) is 0 Å². The summed E-state index contributed by atoms with van der Waals surface area (Å²) in [6, 6.07) is 10.8. The van der Waals surface area contributed by atoms with Crippen molar-refractivity contribution in [3.05, 3.63) is 48.5 Å². The van der Waals surface area contributed by atoms with Crippen LogP contribution < -0.4 is 10.1 Å². The largest absolute Gasteiger partial charge is 0.573 e. The Kier molecular flexibility index (Phi) is 6.96. The molecule has 28 heavy (non-hydrogen) atoms. The van der Waals surface area contributed by atoms with Crippen molar-refractivity contribution in [3.8, 4) is 5.75 Å². The van der Waals surface area contributed by atoms with E-state index in [-0.39, 0.29) is 4.90 Å². The van der Waals surface area contributed by atoms with Gasteiger partial charge < -0.3 is 10.1 Å². The van der Waals surface area contributed by atoms with Gasteiger partial charge in [-0.15, -0.1) is 24.9 Å². The molecule has 1 N–H and O–H groups in total. The zero-order chi connectivity index (χ0) is 20.9. The lowest BCUT2D eigenvalue weighted by Crippen LogP contribution is -2.35. The number of likely N-dealkylation sites (N-methyl/N-ethyl adjacent to an activating group) is 1. The van der Waals surface area contributed by atoms with Gasteiger partial charge in [-0.05, 0) is 42.7 Å². The molecule has 0 heterocycles. The highest BCUT2D eigenvalue weighted by Crippen LogP contribution is 2.26. The van der Waals surface area contributed by atoms with Crippen LogP contribution in [0.5, 0.6) is 5.75 Å². The number of nitrogens with one attached hydrogen (secondary N) is 1. The van der Waals surface area contributed by atoms with Crippen LogP contribution >= 0.6 is 11.8 Å². The highest BCUT2D eigenvalue weighted by Gasteiger charge is 2.31. The molecule has 0 saturated heterocycles. The number of anilines is 1. The number of benzene rings is 2. The van der Waals surface area contributed by atoms with E-state index in [0.717, 1.165) is 33.5 Å². The summed E-state index contributed by atoms with van der Waals surface area (Å²) in [7, 11) is -2.87. The van der Waals surface area contributed by atoms with E-state index in [4.69, 9.17) is 0 Å². The van der Waals surface area contributed by atoms with Crippen molar-refractivity contribution < 1.29 is 31.1 Å². The topological polar surface area (TPSA) is 75.7 Å². The number of amides is 1. The molecule has 1 amide bonds. The van der Waals surface area contributed by atoms with Crippen LogP contribution in [0.25, 0.3) is 0 Å². The van der Waals surface area contributed by atoms with Gasteiger partial charge in [-0.2, -0.15) is 4.31 Å². The maximum Gasteiger partial charge on any atom is 0.573 e. The Balaban J connectivity index is 2.07. The number of nitrogens with zero attached hydrogens (tertiary/aromatic N) is 1. The number of carbonyl (C=O) groups excluding carboxylic acids is 1. The highest BCUT2D eigenvalue weighted by atomic mass is 32.2. The first kappa shape index (κ1) is 22.1. The summed E-state index contributed by atoms with van der Waals surface area (Å²) in [5.74, 6) is -1.09. The summed E-state index contributed by atoms with van der Waals surface area (Å²) in [5.41, 5.74) is 0.555. The van der Waals surface area contributed by atoms with E-state index in [9.17, 15) is 26.4 Å². The van der Waals surface area contributed by atoms with Crippen LogP contribution in [0.15, 0.2) is 58.3 Å². The number of halogens is 3. The highest BCUT2D eigenvalue weighted by molar-refractivity contribution is 7.98. The Hall–Kier alpha value is -2.24. The van der Waals surface area contributed by atoms with Crippen molar-refractivity contribution in [2.75, 3.05) is 25.2 Å². The van der Waals surface area contributed by atoms with Crippen molar-refractivity contribution in [1.82, 2.24) is 4.31 Å². The van der Waals surface area contributed by atoms with Gasteiger partial charge in [0, 0.05) is 11.9 Å². The van der Waals surface area contributed by atoms with Gasteiger partial charge in [-0.3, -0.25) is 4.79 Å². The molecule has 2 rings (SSSR count). The van der Waals surface area contributed by atoms with Crippen LogP contribution in [0.1, 0.15) is 0 Å². The molecule has 0 unspecified atom stereocenters. The van der Waals surface area contributed by atoms with Gasteiger partial charge >= 0.3 is 6.36 Å². The smallest absolute Gasteiger partial charge is 0.406 e. The third-order valence-corrected chi connectivity index (χ3v) is 6.13. The van der Waals surface area contributed by atoms with Crippen LogP contribution in [0.4, 0.5) is 18.9 Å². The second kappa shape index (κ2) is 8.84. The minimum atomic E-state index is -4.87. The minimum Gasteiger partial charge on any atom is -0.406 e. The lowest BCUT2D eigenvalue weighted by Gasteiger charge is -2.18. The van der Waals surface area contributed by atoms with Crippen molar-refractivity contribution in [2.24, 2.45) is 0 Å². The van der Waals surface area contributed by atoms with E-state index in [0.29, 0.717) is 5.69 Å². The molecular formula is C17H17F3N2O4S2. The van der Waals surface area contributed by atoms with E-state index < -0.39 is 34.6 Å². The minimum absolute atomic E-state index is 0.262. The standard InChI is InChI=1S/C17H17F3N2O4S2/c1-22(11-16(23)21-14-5-3-4-6-15(14)27-2)28(24,25)13-9-7-12(8-10-13)26-17(18,19)20/h3-10H,11H2,1-2H3,(H,21,23). The third kappa shape index (κ3) is 5.88. The Morgan fingerprint density at radius 3 is 2.32 bits per heavy atom. The number of para-hydroxylation sites is 1. The van der Waals surface area contributed by atoms with Crippen molar-refractivity contribution in [1.29, 1.82) is 0 Å². The van der Waals surface area contributed by atoms with E-state index in [1.165, 1.54) is 18.8 Å². The summed E-state index contributed by atoms with van der Waals surface area (Å²) in [6.45, 7) is -0.466. The molecule has 0 aromatic heterocycles. The Bertz CT molecular complexity index is 932. The zero-order valence-electron chi connectivity index (χ0n) is 14.9. The second-order valence-corrected chi connectivity index (χ2v) is 8.42. The monoisotopic (exact) mass is 434 g/mol. The van der Waals surface area contributed by atoms with Crippen LogP contribution in [-0.4, -0.2) is 44.8 Å². The molecule has 0 aliphatic rings. The van der Waals surface area contributed by atoms with Gasteiger partial charge in [0.1, 0.15) is 5.75 Å². The van der Waals surface area contributed by atoms with Gasteiger partial charge in [0.05, 0.1) is 17.1 Å².